The minimum absolute atomic E-state index is 0.0504. The van der Waals surface area contributed by atoms with Crippen LogP contribution in [0.5, 0.6) is 5.75 Å². The standard InChI is InChI=1S/C66H54N4O/c1-65(2,3)47-36-45(37-48(41-47)66(4,5)6)46-39-58(68-59(40-46)56-22-10-14-28-63(56)71)44-18-15-17-43(35-44)57-38-42(33-34-67-57)51-23-16-24-55-54-21-9-13-27-62(54)70(64(51)55)50-31-29-49(30-32-50)69-60-25-11-7-19-52(60)53-20-8-12-26-61(53)69/h7-41,71H,1-6H3. The molecule has 0 spiro atoms. The van der Waals surface area contributed by atoms with Gasteiger partial charge in [-0.3, -0.25) is 4.98 Å². The maximum absolute atomic E-state index is 11.1. The van der Waals surface area contributed by atoms with Crippen LogP contribution in [0, 0.1) is 0 Å². The molecule has 8 aromatic carbocycles. The summed E-state index contributed by atoms with van der Waals surface area (Å²) in [6.07, 6.45) is 1.92. The Balaban J connectivity index is 0.967. The average molecular weight is 919 g/mol. The number of aromatic nitrogens is 4. The Bertz CT molecular complexity index is 3940. The second kappa shape index (κ2) is 16.9. The lowest BCUT2D eigenvalue weighted by Gasteiger charge is -2.26. The monoisotopic (exact) mass is 918 g/mol. The molecule has 71 heavy (non-hydrogen) atoms. The van der Waals surface area contributed by atoms with E-state index in [1.165, 1.54) is 43.7 Å². The molecule has 0 aliphatic heterocycles. The molecule has 5 nitrogen and oxygen atoms in total. The van der Waals surface area contributed by atoms with Crippen molar-refractivity contribution >= 4 is 43.6 Å². The molecule has 344 valence electrons. The fourth-order valence-electron chi connectivity index (χ4n) is 10.4. The molecule has 4 aromatic heterocycles. The lowest BCUT2D eigenvalue weighted by molar-refractivity contribution is 0.477. The minimum atomic E-state index is -0.0504. The molecule has 0 atom stereocenters. The normalized spacial score (nSPS) is 12.1. The van der Waals surface area contributed by atoms with E-state index in [1.54, 1.807) is 6.07 Å². The molecular formula is C66H54N4O. The van der Waals surface area contributed by atoms with Crippen molar-refractivity contribution in [1.29, 1.82) is 0 Å². The largest absolute Gasteiger partial charge is 0.507 e. The van der Waals surface area contributed by atoms with Crippen molar-refractivity contribution < 1.29 is 5.11 Å². The number of para-hydroxylation sites is 5. The molecule has 0 unspecified atom stereocenters. The van der Waals surface area contributed by atoms with Gasteiger partial charge in [-0.25, -0.2) is 4.98 Å². The summed E-state index contributed by atoms with van der Waals surface area (Å²) in [5, 5.41) is 16.0. The van der Waals surface area contributed by atoms with Crippen LogP contribution in [0.2, 0.25) is 0 Å². The van der Waals surface area contributed by atoms with E-state index in [9.17, 15) is 5.11 Å². The van der Waals surface area contributed by atoms with Gasteiger partial charge >= 0.3 is 0 Å². The third kappa shape index (κ3) is 7.75. The summed E-state index contributed by atoms with van der Waals surface area (Å²) in [6.45, 7) is 13.6. The van der Waals surface area contributed by atoms with Gasteiger partial charge in [-0.05, 0) is 124 Å². The van der Waals surface area contributed by atoms with E-state index in [-0.39, 0.29) is 16.6 Å². The van der Waals surface area contributed by atoms with E-state index in [1.807, 2.05) is 24.4 Å². The number of nitrogens with zero attached hydrogens (tertiary/aromatic N) is 4. The van der Waals surface area contributed by atoms with Crippen LogP contribution in [-0.4, -0.2) is 24.2 Å². The molecule has 0 amide bonds. The average Bonchev–Trinajstić information content (AvgIpc) is 3.91. The molecule has 5 heteroatoms. The molecular weight excluding hydrogens is 865 g/mol. The van der Waals surface area contributed by atoms with Crippen LogP contribution in [0.25, 0.3) is 111 Å². The molecule has 0 aliphatic carbocycles. The molecule has 0 aliphatic rings. The molecule has 12 aromatic rings. The van der Waals surface area contributed by atoms with E-state index in [4.69, 9.17) is 9.97 Å². The summed E-state index contributed by atoms with van der Waals surface area (Å²) in [6, 6.07) is 73.3. The summed E-state index contributed by atoms with van der Waals surface area (Å²) in [4.78, 5) is 10.3. The molecule has 4 heterocycles. The van der Waals surface area contributed by atoms with Crippen molar-refractivity contribution in [3.8, 4) is 73.2 Å². The Hall–Kier alpha value is -8.54. The second-order valence-electron chi connectivity index (χ2n) is 20.9. The topological polar surface area (TPSA) is 55.9 Å². The van der Waals surface area contributed by atoms with E-state index >= 15 is 0 Å². The highest BCUT2D eigenvalue weighted by Gasteiger charge is 2.23. The van der Waals surface area contributed by atoms with Crippen molar-refractivity contribution in [1.82, 2.24) is 19.1 Å². The maximum Gasteiger partial charge on any atom is 0.124 e. The van der Waals surface area contributed by atoms with E-state index in [0.717, 1.165) is 67.2 Å². The van der Waals surface area contributed by atoms with Gasteiger partial charge in [-0.15, -0.1) is 0 Å². The zero-order valence-corrected chi connectivity index (χ0v) is 40.9. The second-order valence-corrected chi connectivity index (χ2v) is 20.9. The number of pyridine rings is 2. The molecule has 0 saturated heterocycles. The Morgan fingerprint density at radius 1 is 0.366 bits per heavy atom. The third-order valence-corrected chi connectivity index (χ3v) is 14.2. The Morgan fingerprint density at radius 2 is 0.845 bits per heavy atom. The Labute approximate surface area is 415 Å². The lowest BCUT2D eigenvalue weighted by Crippen LogP contribution is -2.16. The highest BCUT2D eigenvalue weighted by atomic mass is 16.3. The molecule has 0 bridgehead atoms. The van der Waals surface area contributed by atoms with Crippen LogP contribution < -0.4 is 0 Å². The van der Waals surface area contributed by atoms with Crippen LogP contribution in [-0.2, 0) is 10.8 Å². The predicted molar refractivity (Wildman–Crippen MR) is 297 cm³/mol. The number of phenolic OH excluding ortho intramolecular Hbond substituents is 1. The SMILES string of the molecule is CC(C)(C)c1cc(-c2cc(-c3cccc(-c4cc(-c5cccc6c7ccccc7n(-c7ccc(-n8c9ccccc9c9ccccc98)cc7)c56)ccn4)c3)nc(-c3ccccc3O)c2)cc(C(C)(C)C)c1. The Kier molecular flexibility index (Phi) is 10.4. The van der Waals surface area contributed by atoms with Crippen molar-refractivity contribution in [2.45, 2.75) is 52.4 Å². The van der Waals surface area contributed by atoms with Gasteiger partial charge in [0.15, 0.2) is 0 Å². The van der Waals surface area contributed by atoms with Gasteiger partial charge in [-0.1, -0.05) is 163 Å². The minimum Gasteiger partial charge on any atom is -0.507 e. The molecule has 0 radical (unpaired) electrons. The number of aromatic hydroxyl groups is 1. The van der Waals surface area contributed by atoms with Gasteiger partial charge < -0.3 is 14.2 Å². The van der Waals surface area contributed by atoms with Gasteiger partial charge in [0.05, 0.1) is 39.1 Å². The van der Waals surface area contributed by atoms with Crippen LogP contribution in [0.15, 0.2) is 212 Å². The third-order valence-electron chi connectivity index (χ3n) is 14.2. The van der Waals surface area contributed by atoms with Crippen LogP contribution >= 0.6 is 0 Å². The number of benzene rings is 8. The summed E-state index contributed by atoms with van der Waals surface area (Å²) in [7, 11) is 0. The first-order valence-corrected chi connectivity index (χ1v) is 24.5. The Morgan fingerprint density at radius 3 is 1.48 bits per heavy atom. The van der Waals surface area contributed by atoms with Crippen molar-refractivity contribution in [3.05, 3.63) is 224 Å². The zero-order chi connectivity index (χ0) is 48.6. The fraction of sp³-hybridized carbons (Fsp3) is 0.121. The highest BCUT2D eigenvalue weighted by Crippen LogP contribution is 2.42. The van der Waals surface area contributed by atoms with Crippen LogP contribution in [0.4, 0.5) is 0 Å². The van der Waals surface area contributed by atoms with Crippen LogP contribution in [0.3, 0.4) is 0 Å². The first kappa shape index (κ1) is 43.7. The first-order valence-electron chi connectivity index (χ1n) is 24.5. The fourth-order valence-corrected chi connectivity index (χ4v) is 10.4. The van der Waals surface area contributed by atoms with E-state index in [2.05, 4.69) is 233 Å². The number of phenols is 1. The number of fused-ring (bicyclic) bond motifs is 6. The molecule has 0 fully saturated rings. The van der Waals surface area contributed by atoms with Crippen molar-refractivity contribution in [3.63, 3.8) is 0 Å². The molecule has 12 rings (SSSR count). The number of hydrogen-bond donors (Lipinski definition) is 1. The van der Waals surface area contributed by atoms with Crippen molar-refractivity contribution in [2.24, 2.45) is 0 Å². The summed E-state index contributed by atoms with van der Waals surface area (Å²) >= 11 is 0. The highest BCUT2D eigenvalue weighted by molar-refractivity contribution is 6.14. The summed E-state index contributed by atoms with van der Waals surface area (Å²) < 4.78 is 4.78. The molecule has 1 N–H and O–H groups in total. The smallest absolute Gasteiger partial charge is 0.124 e. The molecule has 0 saturated carbocycles. The van der Waals surface area contributed by atoms with Crippen LogP contribution in [0.1, 0.15) is 52.7 Å². The predicted octanol–water partition coefficient (Wildman–Crippen LogP) is 17.3. The summed E-state index contributed by atoms with van der Waals surface area (Å²) in [5.74, 6) is 0.196. The maximum atomic E-state index is 11.1. The summed E-state index contributed by atoms with van der Waals surface area (Å²) in [5.41, 5.74) is 18.7. The van der Waals surface area contributed by atoms with Gasteiger partial charge in [0.2, 0.25) is 0 Å². The van der Waals surface area contributed by atoms with Gasteiger partial charge in [0, 0.05) is 61.4 Å². The van der Waals surface area contributed by atoms with Gasteiger partial charge in [-0.2, -0.15) is 0 Å². The zero-order valence-electron chi connectivity index (χ0n) is 40.9. The van der Waals surface area contributed by atoms with E-state index in [0.29, 0.717) is 11.3 Å². The van der Waals surface area contributed by atoms with E-state index < -0.39 is 0 Å². The van der Waals surface area contributed by atoms with Crippen molar-refractivity contribution in [2.75, 3.05) is 0 Å². The first-order chi connectivity index (χ1) is 34.4. The number of hydrogen-bond acceptors (Lipinski definition) is 3. The van der Waals surface area contributed by atoms with Gasteiger partial charge in [0.25, 0.3) is 0 Å². The number of rotatable bonds is 7. The van der Waals surface area contributed by atoms with Gasteiger partial charge in [0.1, 0.15) is 5.75 Å². The quantitative estimate of drug-likeness (QED) is 0.173. The lowest BCUT2D eigenvalue weighted by atomic mass is 9.79.